The van der Waals surface area contributed by atoms with E-state index in [1.165, 1.54) is 5.56 Å². The Hall–Kier alpha value is -3.83. The van der Waals surface area contributed by atoms with Crippen molar-refractivity contribution in [3.8, 4) is 5.75 Å². The zero-order valence-electron chi connectivity index (χ0n) is 18.6. The maximum Gasteiger partial charge on any atom is 0.251 e. The number of phenols is 1. The van der Waals surface area contributed by atoms with Gasteiger partial charge in [-0.1, -0.05) is 60.7 Å². The third-order valence-electron chi connectivity index (χ3n) is 5.61. The molecule has 0 saturated heterocycles. The Kier molecular flexibility index (Phi) is 7.56. The Bertz CT molecular complexity index is 1230. The van der Waals surface area contributed by atoms with Crippen molar-refractivity contribution in [1.82, 2.24) is 15.6 Å². The lowest BCUT2D eigenvalue weighted by atomic mass is 10.1. The van der Waals surface area contributed by atoms with E-state index in [4.69, 9.17) is 0 Å². The molecule has 5 heteroatoms. The van der Waals surface area contributed by atoms with Crippen LogP contribution in [0.3, 0.4) is 0 Å². The van der Waals surface area contributed by atoms with Crippen LogP contribution in [0, 0.1) is 0 Å². The van der Waals surface area contributed by atoms with E-state index in [1.807, 2.05) is 54.7 Å². The number of phenolic OH excluding ortho intramolecular Hbond substituents is 1. The van der Waals surface area contributed by atoms with Gasteiger partial charge in [0.2, 0.25) is 0 Å². The van der Waals surface area contributed by atoms with Gasteiger partial charge in [-0.15, -0.1) is 0 Å². The van der Waals surface area contributed by atoms with Gasteiger partial charge in [-0.25, -0.2) is 0 Å². The number of nitrogens with one attached hydrogen (secondary N) is 3. The molecule has 1 heterocycles. The summed E-state index contributed by atoms with van der Waals surface area (Å²) in [6.45, 7) is 2.01. The van der Waals surface area contributed by atoms with Gasteiger partial charge >= 0.3 is 0 Å². The number of aromatic hydroxyl groups is 1. The molecule has 33 heavy (non-hydrogen) atoms. The first-order chi connectivity index (χ1) is 16.2. The number of aromatic amines is 1. The summed E-state index contributed by atoms with van der Waals surface area (Å²) < 4.78 is 0. The van der Waals surface area contributed by atoms with Gasteiger partial charge in [0, 0.05) is 41.8 Å². The summed E-state index contributed by atoms with van der Waals surface area (Å²) in [4.78, 5) is 15.9. The first kappa shape index (κ1) is 22.4. The third-order valence-corrected chi connectivity index (χ3v) is 5.61. The summed E-state index contributed by atoms with van der Waals surface area (Å²) in [6.07, 6.45) is 7.77. The normalized spacial score (nSPS) is 11.3. The summed E-state index contributed by atoms with van der Waals surface area (Å²) in [7, 11) is 0. The highest BCUT2D eigenvalue weighted by atomic mass is 16.3. The summed E-state index contributed by atoms with van der Waals surface area (Å²) in [5, 5.41) is 17.2. The van der Waals surface area contributed by atoms with E-state index < -0.39 is 0 Å². The predicted octanol–water partition coefficient (Wildman–Crippen LogP) is 5.04. The smallest absolute Gasteiger partial charge is 0.251 e. The Morgan fingerprint density at radius 3 is 2.64 bits per heavy atom. The van der Waals surface area contributed by atoms with Crippen LogP contribution >= 0.6 is 0 Å². The molecule has 0 saturated carbocycles. The van der Waals surface area contributed by atoms with E-state index in [2.05, 4.69) is 39.9 Å². The average molecular weight is 440 g/mol. The number of hydrogen-bond donors (Lipinski definition) is 4. The molecule has 0 aliphatic heterocycles. The molecular formula is C28H29N3O2. The Morgan fingerprint density at radius 2 is 1.76 bits per heavy atom. The summed E-state index contributed by atoms with van der Waals surface area (Å²) in [6, 6.07) is 23.2. The van der Waals surface area contributed by atoms with Gasteiger partial charge in [-0.05, 0) is 54.3 Å². The van der Waals surface area contributed by atoms with Crippen LogP contribution < -0.4 is 10.6 Å². The van der Waals surface area contributed by atoms with Crippen molar-refractivity contribution in [1.29, 1.82) is 0 Å². The first-order valence-electron chi connectivity index (χ1n) is 11.3. The van der Waals surface area contributed by atoms with Crippen LogP contribution in [0.25, 0.3) is 17.0 Å². The van der Waals surface area contributed by atoms with Crippen molar-refractivity contribution in [3.63, 3.8) is 0 Å². The van der Waals surface area contributed by atoms with Crippen molar-refractivity contribution in [2.75, 3.05) is 13.1 Å². The van der Waals surface area contributed by atoms with Crippen molar-refractivity contribution >= 4 is 22.9 Å². The van der Waals surface area contributed by atoms with Gasteiger partial charge in [0.1, 0.15) is 5.75 Å². The molecule has 0 spiro atoms. The topological polar surface area (TPSA) is 77.2 Å². The number of hydrogen-bond acceptors (Lipinski definition) is 3. The molecule has 1 aromatic heterocycles. The van der Waals surface area contributed by atoms with Gasteiger partial charge < -0.3 is 20.7 Å². The van der Waals surface area contributed by atoms with E-state index in [0.717, 1.165) is 41.4 Å². The molecule has 168 valence electrons. The number of carbonyl (C=O) groups excluding carboxylic acids is 1. The lowest BCUT2D eigenvalue weighted by Crippen LogP contribution is -2.26. The zero-order chi connectivity index (χ0) is 22.9. The van der Waals surface area contributed by atoms with Gasteiger partial charge in [-0.2, -0.15) is 0 Å². The molecule has 4 N–H and O–H groups in total. The number of carbonyl (C=O) groups is 1. The van der Waals surface area contributed by atoms with Gasteiger partial charge in [0.25, 0.3) is 5.91 Å². The van der Waals surface area contributed by atoms with Crippen molar-refractivity contribution in [3.05, 3.63) is 107 Å². The molecule has 4 rings (SSSR count). The molecule has 0 atom stereocenters. The molecule has 0 radical (unpaired) electrons. The average Bonchev–Trinajstić information content (AvgIpc) is 3.24. The summed E-state index contributed by atoms with van der Waals surface area (Å²) in [5.74, 6) is 0.216. The fraction of sp³-hybridized carbons (Fsp3) is 0.179. The second-order valence-electron chi connectivity index (χ2n) is 7.99. The number of H-pyrrole nitrogens is 1. The molecule has 5 nitrogen and oxygen atoms in total. The second kappa shape index (κ2) is 11.2. The minimum atomic E-state index is -0.0445. The number of aromatic nitrogens is 1. The molecule has 4 aromatic rings. The molecule has 1 amide bonds. The quantitative estimate of drug-likeness (QED) is 0.262. The van der Waals surface area contributed by atoms with Crippen LogP contribution in [0.4, 0.5) is 0 Å². The molecule has 0 fully saturated rings. The zero-order valence-corrected chi connectivity index (χ0v) is 18.6. The molecule has 0 aliphatic rings. The van der Waals surface area contributed by atoms with E-state index in [1.54, 1.807) is 12.1 Å². The predicted molar refractivity (Wildman–Crippen MR) is 134 cm³/mol. The second-order valence-corrected chi connectivity index (χ2v) is 7.99. The number of benzene rings is 3. The van der Waals surface area contributed by atoms with Crippen LogP contribution in [-0.2, 0) is 13.0 Å². The number of rotatable bonds is 10. The SMILES string of the molecule is O=C(NCCC=Cc1ccccc1)c1ccccc1CNCCc1c[nH]c2cc(O)ccc12. The Balaban J connectivity index is 1.25. The highest BCUT2D eigenvalue weighted by molar-refractivity contribution is 5.95. The van der Waals surface area contributed by atoms with E-state index in [0.29, 0.717) is 18.7 Å². The monoisotopic (exact) mass is 439 g/mol. The summed E-state index contributed by atoms with van der Waals surface area (Å²) >= 11 is 0. The molecule has 0 unspecified atom stereocenters. The largest absolute Gasteiger partial charge is 0.508 e. The Morgan fingerprint density at radius 1 is 0.939 bits per heavy atom. The third kappa shape index (κ3) is 6.11. The Labute approximate surface area is 194 Å². The van der Waals surface area contributed by atoms with E-state index in [9.17, 15) is 9.90 Å². The molecular weight excluding hydrogens is 410 g/mol. The van der Waals surface area contributed by atoms with Gasteiger partial charge in [-0.3, -0.25) is 4.79 Å². The standard InChI is InChI=1S/C28H29N3O2/c32-24-13-14-25-23(20-31-27(25)18-24)15-17-29-19-22-11-4-5-12-26(22)28(33)30-16-7-6-10-21-8-2-1-3-9-21/h1-6,8-14,18,20,29,31-32H,7,15-17,19H2,(H,30,33). The lowest BCUT2D eigenvalue weighted by Gasteiger charge is -2.11. The highest BCUT2D eigenvalue weighted by Crippen LogP contribution is 2.22. The lowest BCUT2D eigenvalue weighted by molar-refractivity contribution is 0.0953. The first-order valence-corrected chi connectivity index (χ1v) is 11.3. The van der Waals surface area contributed by atoms with E-state index in [-0.39, 0.29) is 11.7 Å². The van der Waals surface area contributed by atoms with Gasteiger partial charge in [0.05, 0.1) is 0 Å². The van der Waals surface area contributed by atoms with Crippen LogP contribution in [-0.4, -0.2) is 29.1 Å². The van der Waals surface area contributed by atoms with Crippen LogP contribution in [0.15, 0.2) is 85.1 Å². The van der Waals surface area contributed by atoms with Crippen LogP contribution in [0.2, 0.25) is 0 Å². The molecule has 3 aromatic carbocycles. The minimum Gasteiger partial charge on any atom is -0.508 e. The van der Waals surface area contributed by atoms with Crippen molar-refractivity contribution < 1.29 is 9.90 Å². The number of fused-ring (bicyclic) bond motifs is 1. The van der Waals surface area contributed by atoms with Crippen molar-refractivity contribution in [2.24, 2.45) is 0 Å². The fourth-order valence-electron chi connectivity index (χ4n) is 3.87. The number of amides is 1. The maximum atomic E-state index is 12.7. The van der Waals surface area contributed by atoms with Gasteiger partial charge in [0.15, 0.2) is 0 Å². The van der Waals surface area contributed by atoms with Crippen LogP contribution in [0.1, 0.15) is 33.5 Å². The fourth-order valence-corrected chi connectivity index (χ4v) is 3.87. The highest BCUT2D eigenvalue weighted by Gasteiger charge is 2.10. The minimum absolute atomic E-state index is 0.0445. The summed E-state index contributed by atoms with van der Waals surface area (Å²) in [5.41, 5.74) is 4.99. The van der Waals surface area contributed by atoms with Crippen molar-refractivity contribution in [2.45, 2.75) is 19.4 Å². The molecule has 0 bridgehead atoms. The van der Waals surface area contributed by atoms with Crippen LogP contribution in [0.5, 0.6) is 5.75 Å². The maximum absolute atomic E-state index is 12.7. The molecule has 0 aliphatic carbocycles. The van der Waals surface area contributed by atoms with E-state index >= 15 is 0 Å².